The second kappa shape index (κ2) is 7.27. The van der Waals surface area contributed by atoms with Crippen LogP contribution in [0.25, 0.3) is 0 Å². The molecule has 0 radical (unpaired) electrons. The predicted octanol–water partition coefficient (Wildman–Crippen LogP) is 2.13. The maximum absolute atomic E-state index is 12.5. The van der Waals surface area contributed by atoms with Crippen molar-refractivity contribution in [2.75, 3.05) is 26.2 Å². The monoisotopic (exact) mass is 304 g/mol. The third-order valence-corrected chi connectivity index (χ3v) is 4.99. The summed E-state index contributed by atoms with van der Waals surface area (Å²) >= 11 is 0. The van der Waals surface area contributed by atoms with Gasteiger partial charge in [0.2, 0.25) is 5.91 Å². The van der Waals surface area contributed by atoms with E-state index in [9.17, 15) is 4.79 Å². The van der Waals surface area contributed by atoms with Gasteiger partial charge in [-0.15, -0.1) is 0 Å². The molecule has 0 aromatic carbocycles. The highest BCUT2D eigenvalue weighted by atomic mass is 16.2. The summed E-state index contributed by atoms with van der Waals surface area (Å²) in [4.78, 5) is 21.5. The smallest absolute Gasteiger partial charge is 0.225 e. The van der Waals surface area contributed by atoms with E-state index in [2.05, 4.69) is 32.5 Å². The fraction of sp³-hybridized carbons (Fsp3) is 0.765. The van der Waals surface area contributed by atoms with Crippen molar-refractivity contribution in [3.63, 3.8) is 0 Å². The van der Waals surface area contributed by atoms with Crippen LogP contribution in [0.4, 0.5) is 0 Å². The van der Waals surface area contributed by atoms with Crippen molar-refractivity contribution in [1.29, 1.82) is 0 Å². The summed E-state index contributed by atoms with van der Waals surface area (Å²) in [5.41, 5.74) is 0. The lowest BCUT2D eigenvalue weighted by Gasteiger charge is -2.33. The second-order valence-corrected chi connectivity index (χ2v) is 6.62. The molecular formula is C17H28N4O. The lowest BCUT2D eigenvalue weighted by molar-refractivity contribution is -0.136. The summed E-state index contributed by atoms with van der Waals surface area (Å²) in [5.74, 6) is 1.82. The highest BCUT2D eigenvalue weighted by Gasteiger charge is 2.29. The standard InChI is InChI=1S/C17H28N4O/c1-2-8-20-13-7-18-16(20)14-19-11-5-15(6-12-19)17(22)21-9-3-4-10-21/h7,13,15H,2-6,8-12,14H2,1H3. The van der Waals surface area contributed by atoms with E-state index in [0.29, 0.717) is 5.91 Å². The zero-order valence-corrected chi connectivity index (χ0v) is 13.7. The van der Waals surface area contributed by atoms with E-state index in [4.69, 9.17) is 0 Å². The van der Waals surface area contributed by atoms with Gasteiger partial charge in [0.25, 0.3) is 0 Å². The zero-order valence-electron chi connectivity index (χ0n) is 13.7. The molecule has 5 heteroatoms. The summed E-state index contributed by atoms with van der Waals surface area (Å²) in [7, 11) is 0. The van der Waals surface area contributed by atoms with Gasteiger partial charge in [-0.05, 0) is 45.2 Å². The molecule has 3 rings (SSSR count). The van der Waals surface area contributed by atoms with Crippen LogP contribution >= 0.6 is 0 Å². The number of nitrogens with zero attached hydrogens (tertiary/aromatic N) is 4. The molecule has 0 aliphatic carbocycles. The van der Waals surface area contributed by atoms with Crippen molar-refractivity contribution < 1.29 is 4.79 Å². The number of amides is 1. The van der Waals surface area contributed by atoms with Gasteiger partial charge < -0.3 is 9.47 Å². The molecular weight excluding hydrogens is 276 g/mol. The van der Waals surface area contributed by atoms with Gasteiger partial charge in [-0.25, -0.2) is 4.98 Å². The number of aromatic nitrogens is 2. The molecule has 3 heterocycles. The van der Waals surface area contributed by atoms with Crippen LogP contribution in [-0.4, -0.2) is 51.4 Å². The Labute approximate surface area is 133 Å². The molecule has 1 aromatic rings. The molecule has 0 saturated carbocycles. The van der Waals surface area contributed by atoms with Gasteiger partial charge in [0.1, 0.15) is 5.82 Å². The Morgan fingerprint density at radius 2 is 1.95 bits per heavy atom. The highest BCUT2D eigenvalue weighted by Crippen LogP contribution is 2.23. The number of hydrogen-bond donors (Lipinski definition) is 0. The fourth-order valence-corrected chi connectivity index (χ4v) is 3.67. The van der Waals surface area contributed by atoms with Crippen molar-refractivity contribution in [2.24, 2.45) is 5.92 Å². The van der Waals surface area contributed by atoms with Gasteiger partial charge in [0.05, 0.1) is 6.54 Å². The van der Waals surface area contributed by atoms with E-state index in [-0.39, 0.29) is 5.92 Å². The predicted molar refractivity (Wildman–Crippen MR) is 86.3 cm³/mol. The zero-order chi connectivity index (χ0) is 15.4. The number of aryl methyl sites for hydroxylation is 1. The van der Waals surface area contributed by atoms with Gasteiger partial charge in [-0.3, -0.25) is 9.69 Å². The molecule has 2 fully saturated rings. The summed E-state index contributed by atoms with van der Waals surface area (Å²) in [6.07, 6.45) is 9.48. The average Bonchev–Trinajstić information content (AvgIpc) is 3.20. The van der Waals surface area contributed by atoms with Crippen molar-refractivity contribution in [2.45, 2.75) is 52.1 Å². The van der Waals surface area contributed by atoms with Gasteiger partial charge in [0, 0.05) is 37.9 Å². The Kier molecular flexibility index (Phi) is 5.13. The summed E-state index contributed by atoms with van der Waals surface area (Å²) in [5, 5.41) is 0. The summed E-state index contributed by atoms with van der Waals surface area (Å²) < 4.78 is 2.25. The van der Waals surface area contributed by atoms with Crippen LogP contribution in [0.5, 0.6) is 0 Å². The van der Waals surface area contributed by atoms with Crippen molar-refractivity contribution in [1.82, 2.24) is 19.4 Å². The van der Waals surface area contributed by atoms with Crippen LogP contribution in [0.2, 0.25) is 0 Å². The number of piperidine rings is 1. The number of rotatable bonds is 5. The highest BCUT2D eigenvalue weighted by molar-refractivity contribution is 5.79. The van der Waals surface area contributed by atoms with Gasteiger partial charge in [0.15, 0.2) is 0 Å². The first kappa shape index (κ1) is 15.5. The Morgan fingerprint density at radius 3 is 2.64 bits per heavy atom. The van der Waals surface area contributed by atoms with E-state index in [1.54, 1.807) is 0 Å². The second-order valence-electron chi connectivity index (χ2n) is 6.62. The molecule has 0 atom stereocenters. The van der Waals surface area contributed by atoms with Crippen molar-refractivity contribution >= 4 is 5.91 Å². The van der Waals surface area contributed by atoms with Gasteiger partial charge in [-0.2, -0.15) is 0 Å². The molecule has 2 aliphatic heterocycles. The van der Waals surface area contributed by atoms with Crippen LogP contribution in [0.15, 0.2) is 12.4 Å². The van der Waals surface area contributed by atoms with E-state index in [1.165, 1.54) is 12.8 Å². The average molecular weight is 304 g/mol. The minimum Gasteiger partial charge on any atom is -0.342 e. The summed E-state index contributed by atoms with van der Waals surface area (Å²) in [6, 6.07) is 0. The molecule has 0 N–H and O–H groups in total. The molecule has 1 amide bonds. The lowest BCUT2D eigenvalue weighted by Crippen LogP contribution is -2.41. The summed E-state index contributed by atoms with van der Waals surface area (Å²) in [6.45, 7) is 8.14. The minimum atomic E-state index is 0.254. The van der Waals surface area contributed by atoms with Crippen molar-refractivity contribution in [3.8, 4) is 0 Å². The lowest BCUT2D eigenvalue weighted by atomic mass is 9.95. The number of hydrogen-bond acceptors (Lipinski definition) is 3. The third-order valence-electron chi connectivity index (χ3n) is 4.99. The molecule has 1 aromatic heterocycles. The van der Waals surface area contributed by atoms with Crippen LogP contribution in [-0.2, 0) is 17.9 Å². The normalized spacial score (nSPS) is 20.7. The number of carbonyl (C=O) groups excluding carboxylic acids is 1. The topological polar surface area (TPSA) is 41.4 Å². The fourth-order valence-electron chi connectivity index (χ4n) is 3.67. The molecule has 0 unspecified atom stereocenters. The quantitative estimate of drug-likeness (QED) is 0.837. The van der Waals surface area contributed by atoms with Crippen LogP contribution in [0.3, 0.4) is 0 Å². The Hall–Kier alpha value is -1.36. The van der Waals surface area contributed by atoms with Crippen LogP contribution in [0.1, 0.15) is 44.9 Å². The third kappa shape index (κ3) is 3.51. The maximum Gasteiger partial charge on any atom is 0.225 e. The Morgan fingerprint density at radius 1 is 1.23 bits per heavy atom. The van der Waals surface area contributed by atoms with E-state index >= 15 is 0 Å². The van der Waals surface area contributed by atoms with Crippen molar-refractivity contribution in [3.05, 3.63) is 18.2 Å². The molecule has 122 valence electrons. The van der Waals surface area contributed by atoms with E-state index in [0.717, 1.165) is 64.4 Å². The number of imidazole rings is 1. The molecule has 2 aliphatic rings. The Balaban J connectivity index is 1.49. The molecule has 0 spiro atoms. The van der Waals surface area contributed by atoms with Crippen LogP contribution < -0.4 is 0 Å². The molecule has 22 heavy (non-hydrogen) atoms. The number of likely N-dealkylation sites (tertiary alicyclic amines) is 2. The largest absolute Gasteiger partial charge is 0.342 e. The maximum atomic E-state index is 12.5. The molecule has 5 nitrogen and oxygen atoms in total. The van der Waals surface area contributed by atoms with Gasteiger partial charge in [-0.1, -0.05) is 6.92 Å². The molecule has 0 bridgehead atoms. The SMILES string of the molecule is CCCn1ccnc1CN1CCC(C(=O)N2CCCC2)CC1. The first-order valence-electron chi connectivity index (χ1n) is 8.79. The van der Waals surface area contributed by atoms with Crippen LogP contribution in [0, 0.1) is 5.92 Å². The first-order chi connectivity index (χ1) is 10.8. The Bertz CT molecular complexity index is 485. The minimum absolute atomic E-state index is 0.254. The van der Waals surface area contributed by atoms with E-state index in [1.807, 2.05) is 6.20 Å². The van der Waals surface area contributed by atoms with E-state index < -0.39 is 0 Å². The molecule has 2 saturated heterocycles. The number of carbonyl (C=O) groups is 1. The van der Waals surface area contributed by atoms with Gasteiger partial charge >= 0.3 is 0 Å². The first-order valence-corrected chi connectivity index (χ1v) is 8.79.